The molecule has 4 heteroatoms. The standard InChI is InChI=1S/C17H22BrNOS/c1-12(2)11-20-15-6-4-14(5-7-15)13(3)19-10-16-8-9-17(18)21-16/h4-9,12-13,19H,10-11H2,1-3H3. The predicted octanol–water partition coefficient (Wildman–Crippen LogP) is 5.40. The van der Waals surface area contributed by atoms with Crippen LogP contribution in [0.2, 0.25) is 0 Å². The normalized spacial score (nSPS) is 12.6. The van der Waals surface area contributed by atoms with Crippen LogP contribution in [0.3, 0.4) is 0 Å². The highest BCUT2D eigenvalue weighted by Gasteiger charge is 2.06. The highest BCUT2D eigenvalue weighted by Crippen LogP contribution is 2.23. The van der Waals surface area contributed by atoms with Gasteiger partial charge in [-0.15, -0.1) is 11.3 Å². The van der Waals surface area contributed by atoms with Crippen molar-refractivity contribution >= 4 is 27.3 Å². The van der Waals surface area contributed by atoms with Crippen LogP contribution in [0.1, 0.15) is 37.3 Å². The molecule has 1 aromatic heterocycles. The molecule has 0 aliphatic rings. The minimum absolute atomic E-state index is 0.324. The van der Waals surface area contributed by atoms with Crippen molar-refractivity contribution in [3.63, 3.8) is 0 Å². The Morgan fingerprint density at radius 3 is 2.38 bits per heavy atom. The molecule has 0 aliphatic heterocycles. The molecule has 0 saturated carbocycles. The lowest BCUT2D eigenvalue weighted by atomic mass is 10.1. The predicted molar refractivity (Wildman–Crippen MR) is 94.0 cm³/mol. The van der Waals surface area contributed by atoms with Crippen molar-refractivity contribution in [2.75, 3.05) is 6.61 Å². The largest absolute Gasteiger partial charge is 0.493 e. The lowest BCUT2D eigenvalue weighted by molar-refractivity contribution is 0.271. The number of rotatable bonds is 7. The number of benzene rings is 1. The summed E-state index contributed by atoms with van der Waals surface area (Å²) < 4.78 is 6.89. The van der Waals surface area contributed by atoms with Crippen LogP contribution in [0.4, 0.5) is 0 Å². The Morgan fingerprint density at radius 2 is 1.81 bits per heavy atom. The van der Waals surface area contributed by atoms with Crippen molar-refractivity contribution < 1.29 is 4.74 Å². The molecule has 1 unspecified atom stereocenters. The zero-order valence-electron chi connectivity index (χ0n) is 12.7. The minimum atomic E-state index is 0.324. The van der Waals surface area contributed by atoms with Gasteiger partial charge in [0.05, 0.1) is 10.4 Å². The van der Waals surface area contributed by atoms with E-state index >= 15 is 0 Å². The molecule has 0 spiro atoms. The van der Waals surface area contributed by atoms with E-state index in [9.17, 15) is 0 Å². The van der Waals surface area contributed by atoms with Gasteiger partial charge in [0.1, 0.15) is 5.75 Å². The summed E-state index contributed by atoms with van der Waals surface area (Å²) in [7, 11) is 0. The molecular formula is C17H22BrNOS. The van der Waals surface area contributed by atoms with Gasteiger partial charge in [0.15, 0.2) is 0 Å². The van der Waals surface area contributed by atoms with Gasteiger partial charge in [0.2, 0.25) is 0 Å². The Labute approximate surface area is 139 Å². The van der Waals surface area contributed by atoms with Crippen molar-refractivity contribution in [1.82, 2.24) is 5.32 Å². The third-order valence-electron chi connectivity index (χ3n) is 3.17. The average molecular weight is 368 g/mol. The second kappa shape index (κ2) is 7.97. The van der Waals surface area contributed by atoms with Crippen LogP contribution in [0.5, 0.6) is 5.75 Å². The molecule has 2 aromatic rings. The Balaban J connectivity index is 1.85. The molecule has 0 fully saturated rings. The van der Waals surface area contributed by atoms with E-state index in [4.69, 9.17) is 4.74 Å². The maximum absolute atomic E-state index is 5.71. The van der Waals surface area contributed by atoms with Crippen LogP contribution in [0.15, 0.2) is 40.2 Å². The third-order valence-corrected chi connectivity index (χ3v) is 4.80. The number of hydrogen-bond donors (Lipinski definition) is 1. The van der Waals surface area contributed by atoms with Crippen molar-refractivity contribution in [3.8, 4) is 5.75 Å². The molecule has 21 heavy (non-hydrogen) atoms. The first kappa shape index (κ1) is 16.5. The Bertz CT molecular complexity index is 550. The summed E-state index contributed by atoms with van der Waals surface area (Å²) in [5.74, 6) is 1.50. The van der Waals surface area contributed by atoms with E-state index in [1.807, 2.05) is 0 Å². The summed E-state index contributed by atoms with van der Waals surface area (Å²) in [6.45, 7) is 8.16. The minimum Gasteiger partial charge on any atom is -0.493 e. The van der Waals surface area contributed by atoms with Crippen LogP contribution < -0.4 is 10.1 Å². The summed E-state index contributed by atoms with van der Waals surface area (Å²) in [6, 6.07) is 12.9. The van der Waals surface area contributed by atoms with Gasteiger partial charge in [-0.2, -0.15) is 0 Å². The van der Waals surface area contributed by atoms with Gasteiger partial charge in [0, 0.05) is 17.5 Å². The van der Waals surface area contributed by atoms with Crippen molar-refractivity contribution in [2.24, 2.45) is 5.92 Å². The molecule has 1 aromatic carbocycles. The summed E-state index contributed by atoms with van der Waals surface area (Å²) in [5.41, 5.74) is 1.28. The lowest BCUT2D eigenvalue weighted by Gasteiger charge is -2.15. The molecule has 2 rings (SSSR count). The molecule has 0 amide bonds. The molecule has 0 bridgehead atoms. The van der Waals surface area contributed by atoms with E-state index < -0.39 is 0 Å². The molecule has 1 N–H and O–H groups in total. The van der Waals surface area contributed by atoms with E-state index in [-0.39, 0.29) is 0 Å². The number of nitrogens with one attached hydrogen (secondary N) is 1. The van der Waals surface area contributed by atoms with Crippen molar-refractivity contribution in [1.29, 1.82) is 0 Å². The van der Waals surface area contributed by atoms with Gasteiger partial charge in [0.25, 0.3) is 0 Å². The molecule has 2 nitrogen and oxygen atoms in total. The van der Waals surface area contributed by atoms with E-state index in [1.54, 1.807) is 11.3 Å². The maximum Gasteiger partial charge on any atom is 0.119 e. The first-order chi connectivity index (χ1) is 10.0. The first-order valence-corrected chi connectivity index (χ1v) is 8.86. The zero-order valence-corrected chi connectivity index (χ0v) is 15.1. The van der Waals surface area contributed by atoms with Gasteiger partial charge < -0.3 is 10.1 Å². The van der Waals surface area contributed by atoms with Crippen LogP contribution in [0, 0.1) is 5.92 Å². The van der Waals surface area contributed by atoms with Crippen LogP contribution >= 0.6 is 27.3 Å². The summed E-state index contributed by atoms with van der Waals surface area (Å²) in [5, 5.41) is 3.55. The summed E-state index contributed by atoms with van der Waals surface area (Å²) in [6.07, 6.45) is 0. The average Bonchev–Trinajstić information content (AvgIpc) is 2.89. The SMILES string of the molecule is CC(C)COc1ccc(C(C)NCc2ccc(Br)s2)cc1. The summed E-state index contributed by atoms with van der Waals surface area (Å²) in [4.78, 5) is 1.34. The Morgan fingerprint density at radius 1 is 1.10 bits per heavy atom. The number of thiophene rings is 1. The fraction of sp³-hybridized carbons (Fsp3) is 0.412. The van der Waals surface area contributed by atoms with Crippen molar-refractivity contribution in [3.05, 3.63) is 50.6 Å². The Hall–Kier alpha value is -0.840. The fourth-order valence-corrected chi connectivity index (χ4v) is 3.37. The van der Waals surface area contributed by atoms with E-state index in [0.717, 1.165) is 18.9 Å². The molecule has 114 valence electrons. The highest BCUT2D eigenvalue weighted by molar-refractivity contribution is 9.11. The summed E-state index contributed by atoms with van der Waals surface area (Å²) >= 11 is 5.26. The highest BCUT2D eigenvalue weighted by atomic mass is 79.9. The first-order valence-electron chi connectivity index (χ1n) is 7.25. The number of hydrogen-bond acceptors (Lipinski definition) is 3. The molecule has 1 heterocycles. The van der Waals surface area contributed by atoms with E-state index in [0.29, 0.717) is 12.0 Å². The molecule has 0 aliphatic carbocycles. The zero-order chi connectivity index (χ0) is 15.2. The van der Waals surface area contributed by atoms with E-state index in [2.05, 4.69) is 78.4 Å². The van der Waals surface area contributed by atoms with Gasteiger partial charge >= 0.3 is 0 Å². The fourth-order valence-electron chi connectivity index (χ4n) is 1.93. The topological polar surface area (TPSA) is 21.3 Å². The quantitative estimate of drug-likeness (QED) is 0.707. The number of halogens is 1. The third kappa shape index (κ3) is 5.46. The smallest absolute Gasteiger partial charge is 0.119 e. The second-order valence-corrected chi connectivity index (χ2v) is 8.13. The van der Waals surface area contributed by atoms with Crippen molar-refractivity contribution in [2.45, 2.75) is 33.4 Å². The van der Waals surface area contributed by atoms with Gasteiger partial charge in [-0.25, -0.2) is 0 Å². The lowest BCUT2D eigenvalue weighted by Crippen LogP contribution is -2.17. The molecule has 0 saturated heterocycles. The van der Waals surface area contributed by atoms with Gasteiger partial charge in [-0.3, -0.25) is 0 Å². The van der Waals surface area contributed by atoms with Crippen LogP contribution in [0.25, 0.3) is 0 Å². The van der Waals surface area contributed by atoms with Gasteiger partial charge in [-0.05, 0) is 58.6 Å². The molecule has 0 radical (unpaired) electrons. The Kier molecular flexibility index (Phi) is 6.27. The van der Waals surface area contributed by atoms with Gasteiger partial charge in [-0.1, -0.05) is 26.0 Å². The van der Waals surface area contributed by atoms with Crippen LogP contribution in [-0.2, 0) is 6.54 Å². The molecular weight excluding hydrogens is 346 g/mol. The maximum atomic E-state index is 5.71. The van der Waals surface area contributed by atoms with Crippen LogP contribution in [-0.4, -0.2) is 6.61 Å². The van der Waals surface area contributed by atoms with E-state index in [1.165, 1.54) is 14.2 Å². The second-order valence-electron chi connectivity index (χ2n) is 5.58. The number of ether oxygens (including phenoxy) is 1. The monoisotopic (exact) mass is 367 g/mol. The molecule has 1 atom stereocenters.